The van der Waals surface area contributed by atoms with Gasteiger partial charge in [0, 0.05) is 69.1 Å². The first kappa shape index (κ1) is 36.4. The molecule has 2 saturated heterocycles. The minimum Gasteiger partial charge on any atom is -0.392 e. The molecule has 2 fully saturated rings. The van der Waals surface area contributed by atoms with Crippen LogP contribution in [0.5, 0.6) is 0 Å². The van der Waals surface area contributed by atoms with Gasteiger partial charge < -0.3 is 30.5 Å². The quantitative estimate of drug-likeness (QED) is 0.225. The van der Waals surface area contributed by atoms with Gasteiger partial charge in [-0.25, -0.2) is 4.98 Å². The van der Waals surface area contributed by atoms with Crippen LogP contribution in [0.25, 0.3) is 0 Å². The van der Waals surface area contributed by atoms with Gasteiger partial charge in [0.25, 0.3) is 0 Å². The second kappa shape index (κ2) is 16.3. The number of fused-ring (bicyclic) bond motifs is 1. The molecule has 5 atom stereocenters. The molecule has 4 N–H and O–H groups in total. The molecule has 3 aliphatic rings. The maximum Gasteiger partial charge on any atom is 0.239 e. The molecule has 0 saturated carbocycles. The van der Waals surface area contributed by atoms with Crippen LogP contribution >= 0.6 is 11.3 Å². The van der Waals surface area contributed by atoms with Gasteiger partial charge in [0.1, 0.15) is 6.04 Å². The monoisotopic (exact) mass is 704 g/mol. The number of aliphatic hydroxyl groups excluding tert-OH is 2. The Kier molecular flexibility index (Phi) is 11.9. The number of carbonyl (C=O) groups excluding carboxylic acids is 2. The van der Waals surface area contributed by atoms with Gasteiger partial charge in [-0.2, -0.15) is 0 Å². The highest BCUT2D eigenvalue weighted by molar-refractivity contribution is 7.13. The molecule has 2 aromatic carbocycles. The highest BCUT2D eigenvalue weighted by Crippen LogP contribution is 2.32. The molecule has 3 aromatic rings. The van der Waals surface area contributed by atoms with E-state index in [0.717, 1.165) is 47.2 Å². The zero-order chi connectivity index (χ0) is 35.3. The summed E-state index contributed by atoms with van der Waals surface area (Å²) in [5.74, 6) is -0.796. The molecule has 12 heteroatoms. The summed E-state index contributed by atoms with van der Waals surface area (Å²) in [6, 6.07) is 16.7. The van der Waals surface area contributed by atoms with Crippen LogP contribution in [0.2, 0.25) is 0 Å². The van der Waals surface area contributed by atoms with Crippen molar-refractivity contribution in [2.24, 2.45) is 5.92 Å². The molecule has 2 aliphatic heterocycles. The van der Waals surface area contributed by atoms with Crippen molar-refractivity contribution in [3.05, 3.63) is 82.4 Å². The molecule has 1 aromatic heterocycles. The first-order valence-electron chi connectivity index (χ1n) is 17.9. The van der Waals surface area contributed by atoms with E-state index >= 15 is 0 Å². The van der Waals surface area contributed by atoms with E-state index in [0.29, 0.717) is 45.7 Å². The van der Waals surface area contributed by atoms with Gasteiger partial charge in [-0.1, -0.05) is 54.6 Å². The Bertz CT molecular complexity index is 1570. The Hall–Kier alpha value is -3.39. The number of aromatic nitrogens is 1. The van der Waals surface area contributed by atoms with Gasteiger partial charge in [-0.15, -0.1) is 11.3 Å². The van der Waals surface area contributed by atoms with Gasteiger partial charge >= 0.3 is 0 Å². The van der Waals surface area contributed by atoms with Gasteiger partial charge in [-0.05, 0) is 50.3 Å². The predicted molar refractivity (Wildman–Crippen MR) is 195 cm³/mol. The lowest BCUT2D eigenvalue weighted by molar-refractivity contribution is -0.132. The molecule has 11 nitrogen and oxygen atoms in total. The summed E-state index contributed by atoms with van der Waals surface area (Å²) >= 11 is 1.65. The van der Waals surface area contributed by atoms with E-state index in [4.69, 9.17) is 9.72 Å². The van der Waals surface area contributed by atoms with Gasteiger partial charge in [0.2, 0.25) is 11.8 Å². The minimum absolute atomic E-state index is 0.0749. The molecule has 0 spiro atoms. The van der Waals surface area contributed by atoms with Crippen LogP contribution in [-0.4, -0.2) is 113 Å². The summed E-state index contributed by atoms with van der Waals surface area (Å²) < 4.78 is 5.49. The number of morpholine rings is 1. The summed E-state index contributed by atoms with van der Waals surface area (Å²) in [6.45, 7) is 11.8. The second-order valence-electron chi connectivity index (χ2n) is 14.9. The SMILES string of the molecule is CC(C)(C)NC(=O)C1CN(Cc2csc(N3CCOCC3)n2)CCN1CC(O)CC(Cc1ccccc1)C(=O)N[C@H]1c2ccccc2C[C@H]1O. The second-order valence-corrected chi connectivity index (χ2v) is 15.8. The normalized spacial score (nSPS) is 22.9. The summed E-state index contributed by atoms with van der Waals surface area (Å²) in [5.41, 5.74) is 3.56. The number of hydrogen-bond donors (Lipinski definition) is 4. The topological polar surface area (TPSA) is 130 Å². The van der Waals surface area contributed by atoms with Crippen LogP contribution in [0.3, 0.4) is 0 Å². The lowest BCUT2D eigenvalue weighted by Crippen LogP contribution is -2.62. The predicted octanol–water partition coefficient (Wildman–Crippen LogP) is 2.77. The van der Waals surface area contributed by atoms with Gasteiger partial charge in [-0.3, -0.25) is 19.4 Å². The molecule has 270 valence electrons. The smallest absolute Gasteiger partial charge is 0.239 e. The van der Waals surface area contributed by atoms with E-state index < -0.39 is 35.7 Å². The summed E-state index contributed by atoms with van der Waals surface area (Å²) in [4.78, 5) is 39.1. The fraction of sp³-hybridized carbons (Fsp3) is 0.553. The largest absolute Gasteiger partial charge is 0.392 e. The Balaban J connectivity index is 1.13. The first-order chi connectivity index (χ1) is 24.0. The van der Waals surface area contributed by atoms with Crippen molar-refractivity contribution >= 4 is 28.3 Å². The zero-order valence-corrected chi connectivity index (χ0v) is 30.3. The van der Waals surface area contributed by atoms with Crippen LogP contribution in [0, 0.1) is 5.92 Å². The number of nitrogens with one attached hydrogen (secondary N) is 2. The van der Waals surface area contributed by atoms with Crippen molar-refractivity contribution in [3.8, 4) is 0 Å². The number of rotatable bonds is 12. The number of carbonyl (C=O) groups is 2. The van der Waals surface area contributed by atoms with E-state index in [2.05, 4.69) is 30.7 Å². The Morgan fingerprint density at radius 2 is 1.78 bits per heavy atom. The Morgan fingerprint density at radius 1 is 1.04 bits per heavy atom. The van der Waals surface area contributed by atoms with E-state index in [1.165, 1.54) is 0 Å². The standard InChI is InChI=1S/C38H52N6O5S/c1-38(2,3)41-36(48)32-24-42(22-29-25-50-37(39-29)43-15-17-49-18-16-43)13-14-44(32)23-30(45)20-28(19-26-9-5-4-6-10-26)35(47)40-34-31-12-8-7-11-27(31)21-33(34)46/h4-12,25,28,30,32-34,45-46H,13-24H2,1-3H3,(H,40,47)(H,41,48)/t28?,30?,32?,33-,34+/m1/s1. The van der Waals surface area contributed by atoms with E-state index in [1.54, 1.807) is 11.3 Å². The average Bonchev–Trinajstić information content (AvgIpc) is 3.69. The first-order valence-corrected chi connectivity index (χ1v) is 18.7. The number of anilines is 1. The van der Waals surface area contributed by atoms with Crippen molar-refractivity contribution in [1.29, 1.82) is 0 Å². The lowest BCUT2D eigenvalue weighted by Gasteiger charge is -2.42. The van der Waals surface area contributed by atoms with Crippen LogP contribution in [0.4, 0.5) is 5.13 Å². The van der Waals surface area contributed by atoms with E-state index in [1.807, 2.05) is 75.4 Å². The summed E-state index contributed by atoms with van der Waals surface area (Å²) in [5, 5.41) is 31.8. The van der Waals surface area contributed by atoms with Crippen molar-refractivity contribution in [3.63, 3.8) is 0 Å². The van der Waals surface area contributed by atoms with E-state index in [9.17, 15) is 19.8 Å². The van der Waals surface area contributed by atoms with Crippen LogP contribution < -0.4 is 15.5 Å². The van der Waals surface area contributed by atoms with Crippen molar-refractivity contribution in [2.45, 2.75) is 76.4 Å². The average molecular weight is 705 g/mol. The molecule has 50 heavy (non-hydrogen) atoms. The third-order valence-electron chi connectivity index (χ3n) is 9.78. The Labute approximate surface area is 299 Å². The maximum atomic E-state index is 13.9. The molecular weight excluding hydrogens is 653 g/mol. The number of nitrogens with zero attached hydrogens (tertiary/aromatic N) is 4. The highest BCUT2D eigenvalue weighted by Gasteiger charge is 2.37. The molecule has 6 rings (SSSR count). The fourth-order valence-corrected chi connectivity index (χ4v) is 8.18. The lowest BCUT2D eigenvalue weighted by atomic mass is 9.91. The van der Waals surface area contributed by atoms with Gasteiger partial charge in [0.05, 0.1) is 37.2 Å². The third-order valence-corrected chi connectivity index (χ3v) is 10.7. The number of amides is 2. The minimum atomic E-state index is -0.846. The fourth-order valence-electron chi connectivity index (χ4n) is 7.31. The van der Waals surface area contributed by atoms with E-state index in [-0.39, 0.29) is 24.8 Å². The molecule has 0 bridgehead atoms. The van der Waals surface area contributed by atoms with Crippen LogP contribution in [0.15, 0.2) is 60.0 Å². The number of aliphatic hydroxyl groups is 2. The third kappa shape index (κ3) is 9.48. The molecule has 2 amide bonds. The number of piperazine rings is 1. The summed E-state index contributed by atoms with van der Waals surface area (Å²) in [7, 11) is 0. The van der Waals surface area contributed by atoms with Crippen LogP contribution in [0.1, 0.15) is 55.6 Å². The molecule has 3 heterocycles. The molecule has 3 unspecified atom stereocenters. The van der Waals surface area contributed by atoms with Crippen LogP contribution in [-0.2, 0) is 33.7 Å². The summed E-state index contributed by atoms with van der Waals surface area (Å²) in [6.07, 6.45) is -0.374. The number of hydrogen-bond acceptors (Lipinski definition) is 10. The zero-order valence-electron chi connectivity index (χ0n) is 29.5. The van der Waals surface area contributed by atoms with Crippen molar-refractivity contribution < 1.29 is 24.5 Å². The number of benzene rings is 2. The van der Waals surface area contributed by atoms with Crippen molar-refractivity contribution in [1.82, 2.24) is 25.4 Å². The van der Waals surface area contributed by atoms with Crippen molar-refractivity contribution in [2.75, 3.05) is 57.4 Å². The number of β-amino-alcohol motifs (C(OH)–C–C–N with tert-alkyl or cyclic N) is 1. The molecule has 1 aliphatic carbocycles. The molecular formula is C38H52N6O5S. The maximum absolute atomic E-state index is 13.9. The molecule has 0 radical (unpaired) electrons. The number of thiazole rings is 1. The number of ether oxygens (including phenoxy) is 1. The van der Waals surface area contributed by atoms with Gasteiger partial charge in [0.15, 0.2) is 5.13 Å². The highest BCUT2D eigenvalue weighted by atomic mass is 32.1. The Morgan fingerprint density at radius 3 is 2.54 bits per heavy atom.